The van der Waals surface area contributed by atoms with Gasteiger partial charge in [-0.15, -0.1) is 0 Å². The van der Waals surface area contributed by atoms with Crippen LogP contribution < -0.4 is 10.5 Å². The van der Waals surface area contributed by atoms with Crippen LogP contribution in [0.2, 0.25) is 0 Å². The van der Waals surface area contributed by atoms with Crippen LogP contribution in [0.4, 0.5) is 5.69 Å². The summed E-state index contributed by atoms with van der Waals surface area (Å²) in [5.41, 5.74) is 7.46. The number of nitrogen functional groups attached to an aromatic ring is 1. The minimum Gasteiger partial charge on any atom is -0.491 e. The largest absolute Gasteiger partial charge is 0.491 e. The highest BCUT2D eigenvalue weighted by atomic mass is 16.6. The number of nitrogens with two attached hydrogens (primary N) is 1. The van der Waals surface area contributed by atoms with Crippen molar-refractivity contribution in [2.45, 2.75) is 32.6 Å². The zero-order valence-electron chi connectivity index (χ0n) is 9.98. The quantitative estimate of drug-likeness (QED) is 0.615. The maximum absolute atomic E-state index is 5.75. The van der Waals surface area contributed by atoms with Gasteiger partial charge in [0.1, 0.15) is 0 Å². The molecule has 92 valence electrons. The average molecular weight is 235 g/mol. The summed E-state index contributed by atoms with van der Waals surface area (Å²) < 4.78 is 10.3. The number of unbranched alkanes of at least 4 members (excludes halogenated alkanes) is 3. The van der Waals surface area contributed by atoms with Gasteiger partial charge in [0.25, 0.3) is 0 Å². The summed E-state index contributed by atoms with van der Waals surface area (Å²) in [4.78, 5) is 0. The summed E-state index contributed by atoms with van der Waals surface area (Å²) >= 11 is 0. The van der Waals surface area contributed by atoms with Gasteiger partial charge in [-0.1, -0.05) is 26.2 Å². The first-order valence-electron chi connectivity index (χ1n) is 5.96. The molecule has 0 aliphatic heterocycles. The van der Waals surface area contributed by atoms with Crippen molar-refractivity contribution >= 4 is 16.7 Å². The molecule has 0 fully saturated rings. The predicted octanol–water partition coefficient (Wildman–Crippen LogP) is 2.76. The van der Waals surface area contributed by atoms with Crippen molar-refractivity contribution in [2.24, 2.45) is 0 Å². The molecule has 17 heavy (non-hydrogen) atoms. The minimum absolute atomic E-state index is 0.555. The van der Waals surface area contributed by atoms with E-state index in [1.807, 2.05) is 6.07 Å². The summed E-state index contributed by atoms with van der Waals surface area (Å²) in [5.74, 6) is 0.687. The number of fused-ring (bicyclic) bond motifs is 1. The van der Waals surface area contributed by atoms with Gasteiger partial charge in [-0.05, 0) is 28.9 Å². The van der Waals surface area contributed by atoms with E-state index in [-0.39, 0.29) is 0 Å². The van der Waals surface area contributed by atoms with Crippen LogP contribution in [0.3, 0.4) is 0 Å². The number of ether oxygens (including phenoxy) is 1. The smallest absolute Gasteiger partial charge is 0.179 e. The SMILES string of the molecule is CCCCCCOc1ccc(N)c2nonc12. The zero-order chi connectivity index (χ0) is 12.1. The lowest BCUT2D eigenvalue weighted by Crippen LogP contribution is -1.98. The molecule has 5 heteroatoms. The Morgan fingerprint density at radius 1 is 1.18 bits per heavy atom. The second kappa shape index (κ2) is 5.52. The Hall–Kier alpha value is -1.78. The van der Waals surface area contributed by atoms with Crippen LogP contribution in [0.25, 0.3) is 11.0 Å². The second-order valence-electron chi connectivity index (χ2n) is 4.02. The van der Waals surface area contributed by atoms with Gasteiger partial charge in [0.15, 0.2) is 16.8 Å². The molecule has 1 heterocycles. The molecular weight excluding hydrogens is 218 g/mol. The third-order valence-corrected chi connectivity index (χ3v) is 2.67. The van der Waals surface area contributed by atoms with Crippen LogP contribution >= 0.6 is 0 Å². The normalized spacial score (nSPS) is 10.9. The fourth-order valence-electron chi connectivity index (χ4n) is 1.69. The first-order valence-corrected chi connectivity index (χ1v) is 5.96. The van der Waals surface area contributed by atoms with Crippen molar-refractivity contribution in [3.8, 4) is 5.75 Å². The number of rotatable bonds is 6. The molecule has 2 N–H and O–H groups in total. The van der Waals surface area contributed by atoms with Gasteiger partial charge in [0, 0.05) is 0 Å². The molecule has 1 aromatic heterocycles. The molecule has 0 atom stereocenters. The molecule has 0 bridgehead atoms. The lowest BCUT2D eigenvalue weighted by molar-refractivity contribution is 0.299. The van der Waals surface area contributed by atoms with E-state index in [9.17, 15) is 0 Å². The van der Waals surface area contributed by atoms with Crippen molar-refractivity contribution in [1.82, 2.24) is 10.3 Å². The van der Waals surface area contributed by atoms with Crippen molar-refractivity contribution < 1.29 is 9.37 Å². The van der Waals surface area contributed by atoms with Gasteiger partial charge in [0.2, 0.25) is 0 Å². The van der Waals surface area contributed by atoms with E-state index >= 15 is 0 Å². The molecule has 0 aliphatic carbocycles. The Bertz CT molecular complexity index is 482. The van der Waals surface area contributed by atoms with Gasteiger partial charge in [-0.3, -0.25) is 0 Å². The highest BCUT2D eigenvalue weighted by Crippen LogP contribution is 2.27. The molecule has 0 saturated heterocycles. The molecule has 0 radical (unpaired) electrons. The molecule has 0 amide bonds. The van der Waals surface area contributed by atoms with Gasteiger partial charge in [0.05, 0.1) is 12.3 Å². The minimum atomic E-state index is 0.555. The van der Waals surface area contributed by atoms with Gasteiger partial charge in [-0.25, -0.2) is 4.63 Å². The Kier molecular flexibility index (Phi) is 3.80. The Labute approximate surface area is 99.9 Å². The fourth-order valence-corrected chi connectivity index (χ4v) is 1.69. The van der Waals surface area contributed by atoms with Crippen LogP contribution in [0.1, 0.15) is 32.6 Å². The lowest BCUT2D eigenvalue weighted by Gasteiger charge is -2.06. The van der Waals surface area contributed by atoms with E-state index < -0.39 is 0 Å². The third-order valence-electron chi connectivity index (χ3n) is 2.67. The van der Waals surface area contributed by atoms with E-state index in [0.29, 0.717) is 29.1 Å². The van der Waals surface area contributed by atoms with Crippen molar-refractivity contribution in [2.75, 3.05) is 12.3 Å². The Balaban J connectivity index is 1.99. The molecule has 2 rings (SSSR count). The average Bonchev–Trinajstić information content (AvgIpc) is 2.81. The number of hydrogen-bond donors (Lipinski definition) is 1. The number of aromatic nitrogens is 2. The van der Waals surface area contributed by atoms with Crippen LogP contribution in [0.5, 0.6) is 5.75 Å². The molecule has 2 aromatic rings. The van der Waals surface area contributed by atoms with E-state index in [0.717, 1.165) is 6.42 Å². The van der Waals surface area contributed by atoms with E-state index in [1.54, 1.807) is 6.07 Å². The van der Waals surface area contributed by atoms with Crippen LogP contribution in [-0.2, 0) is 0 Å². The van der Waals surface area contributed by atoms with Gasteiger partial charge in [-0.2, -0.15) is 0 Å². The maximum Gasteiger partial charge on any atom is 0.179 e. The first kappa shape index (κ1) is 11.7. The molecule has 0 aliphatic rings. The topological polar surface area (TPSA) is 74.2 Å². The second-order valence-corrected chi connectivity index (χ2v) is 4.02. The first-order chi connectivity index (χ1) is 8.33. The summed E-state index contributed by atoms with van der Waals surface area (Å²) in [6.45, 7) is 2.87. The maximum atomic E-state index is 5.75. The fraction of sp³-hybridized carbons (Fsp3) is 0.500. The molecular formula is C12H17N3O2. The highest BCUT2D eigenvalue weighted by molar-refractivity contribution is 5.90. The Morgan fingerprint density at radius 2 is 2.00 bits per heavy atom. The lowest BCUT2D eigenvalue weighted by atomic mass is 10.2. The predicted molar refractivity (Wildman–Crippen MR) is 65.9 cm³/mol. The summed E-state index contributed by atoms with van der Waals surface area (Å²) in [5, 5.41) is 7.55. The highest BCUT2D eigenvalue weighted by Gasteiger charge is 2.10. The standard InChI is InChI=1S/C12H17N3O2/c1-2-3-4-5-8-16-10-7-6-9(13)11-12(10)15-17-14-11/h6-7H,2-5,8,13H2,1H3. The molecule has 5 nitrogen and oxygen atoms in total. The van der Waals surface area contributed by atoms with E-state index in [1.165, 1.54) is 19.3 Å². The Morgan fingerprint density at radius 3 is 2.82 bits per heavy atom. The molecule has 0 unspecified atom stereocenters. The monoisotopic (exact) mass is 235 g/mol. The van der Waals surface area contributed by atoms with Gasteiger partial charge < -0.3 is 10.5 Å². The summed E-state index contributed by atoms with van der Waals surface area (Å²) in [6, 6.07) is 3.57. The number of nitrogens with zero attached hydrogens (tertiary/aromatic N) is 2. The van der Waals surface area contributed by atoms with E-state index in [2.05, 4.69) is 21.9 Å². The van der Waals surface area contributed by atoms with E-state index in [4.69, 9.17) is 10.5 Å². The summed E-state index contributed by atoms with van der Waals surface area (Å²) in [7, 11) is 0. The third kappa shape index (κ3) is 2.67. The van der Waals surface area contributed by atoms with Crippen molar-refractivity contribution in [3.05, 3.63) is 12.1 Å². The van der Waals surface area contributed by atoms with Crippen LogP contribution in [-0.4, -0.2) is 16.9 Å². The number of benzene rings is 1. The zero-order valence-corrected chi connectivity index (χ0v) is 9.98. The number of anilines is 1. The van der Waals surface area contributed by atoms with Crippen molar-refractivity contribution in [1.29, 1.82) is 0 Å². The molecule has 0 spiro atoms. The van der Waals surface area contributed by atoms with Gasteiger partial charge >= 0.3 is 0 Å². The molecule has 0 saturated carbocycles. The number of hydrogen-bond acceptors (Lipinski definition) is 5. The van der Waals surface area contributed by atoms with Crippen LogP contribution in [0, 0.1) is 0 Å². The summed E-state index contributed by atoms with van der Waals surface area (Å²) in [6.07, 6.45) is 4.70. The van der Waals surface area contributed by atoms with Crippen LogP contribution in [0.15, 0.2) is 16.8 Å². The van der Waals surface area contributed by atoms with Crippen molar-refractivity contribution in [3.63, 3.8) is 0 Å². The molecule has 1 aromatic carbocycles.